The number of fused-ring (bicyclic) bond motifs is 1. The molecule has 2 aromatic carbocycles. The summed E-state index contributed by atoms with van der Waals surface area (Å²) in [7, 11) is -3.53. The molecule has 2 N–H and O–H groups in total. The topological polar surface area (TPSA) is 62.0 Å². The molecule has 0 saturated carbocycles. The van der Waals surface area contributed by atoms with E-state index in [1.54, 1.807) is 24.3 Å². The summed E-state index contributed by atoms with van der Waals surface area (Å²) < 4.78 is 27.7. The Morgan fingerprint density at radius 2 is 1.73 bits per heavy atom. The van der Waals surface area contributed by atoms with Gasteiger partial charge < -0.3 is 4.98 Å². The number of para-hydroxylation sites is 1. The third kappa shape index (κ3) is 2.77. The normalized spacial score (nSPS) is 13.4. The molecule has 22 heavy (non-hydrogen) atoms. The van der Waals surface area contributed by atoms with E-state index >= 15 is 0 Å². The van der Waals surface area contributed by atoms with E-state index in [4.69, 9.17) is 0 Å². The second kappa shape index (κ2) is 5.59. The number of benzene rings is 2. The molecule has 0 saturated heterocycles. The summed E-state index contributed by atoms with van der Waals surface area (Å²) in [5.41, 5.74) is 2.97. The Balaban J connectivity index is 1.90. The number of aryl methyl sites for hydroxylation is 1. The first-order valence-corrected chi connectivity index (χ1v) is 8.61. The van der Waals surface area contributed by atoms with Gasteiger partial charge in [-0.3, -0.25) is 0 Å². The molecule has 0 bridgehead atoms. The minimum absolute atomic E-state index is 0.282. The Morgan fingerprint density at radius 3 is 2.45 bits per heavy atom. The number of hydrogen-bond acceptors (Lipinski definition) is 2. The summed E-state index contributed by atoms with van der Waals surface area (Å²) in [6.07, 6.45) is 1.85. The predicted molar refractivity (Wildman–Crippen MR) is 88.2 cm³/mol. The van der Waals surface area contributed by atoms with Gasteiger partial charge >= 0.3 is 0 Å². The minimum atomic E-state index is -3.53. The molecule has 1 atom stereocenters. The van der Waals surface area contributed by atoms with Crippen LogP contribution < -0.4 is 4.72 Å². The van der Waals surface area contributed by atoms with Gasteiger partial charge in [-0.05, 0) is 37.6 Å². The van der Waals surface area contributed by atoms with Gasteiger partial charge in [0.1, 0.15) is 0 Å². The standard InChI is InChI=1S/C17H18N2O2S/c1-12-7-9-14(10-8-12)22(20,21)19-13(2)16-11-18-17-6-4-3-5-15(16)17/h3-11,13,18-19H,1-2H3. The maximum absolute atomic E-state index is 12.5. The lowest BCUT2D eigenvalue weighted by Gasteiger charge is -2.14. The average molecular weight is 314 g/mol. The van der Waals surface area contributed by atoms with Crippen LogP contribution in [0, 0.1) is 6.92 Å². The molecule has 3 aromatic rings. The van der Waals surface area contributed by atoms with Crippen molar-refractivity contribution >= 4 is 20.9 Å². The summed E-state index contributed by atoms with van der Waals surface area (Å²) in [5, 5.41) is 1.03. The molecule has 0 spiro atoms. The molecule has 0 aliphatic carbocycles. The van der Waals surface area contributed by atoms with Gasteiger partial charge in [0, 0.05) is 23.1 Å². The van der Waals surface area contributed by atoms with E-state index in [2.05, 4.69) is 9.71 Å². The van der Waals surface area contributed by atoms with Crippen molar-refractivity contribution in [1.29, 1.82) is 0 Å². The third-order valence-electron chi connectivity index (χ3n) is 3.75. The van der Waals surface area contributed by atoms with Crippen molar-refractivity contribution in [1.82, 2.24) is 9.71 Å². The number of H-pyrrole nitrogens is 1. The van der Waals surface area contributed by atoms with Crippen molar-refractivity contribution in [2.45, 2.75) is 24.8 Å². The molecule has 0 amide bonds. The Kier molecular flexibility index (Phi) is 3.76. The van der Waals surface area contributed by atoms with E-state index in [0.717, 1.165) is 22.0 Å². The lowest BCUT2D eigenvalue weighted by Crippen LogP contribution is -2.26. The monoisotopic (exact) mass is 314 g/mol. The van der Waals surface area contributed by atoms with Crippen LogP contribution >= 0.6 is 0 Å². The first-order valence-electron chi connectivity index (χ1n) is 7.12. The maximum atomic E-state index is 12.5. The number of sulfonamides is 1. The summed E-state index contributed by atoms with van der Waals surface area (Å²) in [6, 6.07) is 14.4. The van der Waals surface area contributed by atoms with Crippen LogP contribution in [0.3, 0.4) is 0 Å². The highest BCUT2D eigenvalue weighted by Crippen LogP contribution is 2.25. The van der Waals surface area contributed by atoms with E-state index in [1.807, 2.05) is 44.3 Å². The molecule has 3 rings (SSSR count). The SMILES string of the molecule is Cc1ccc(S(=O)(=O)NC(C)c2c[nH]c3ccccc23)cc1. The molecule has 1 heterocycles. The highest BCUT2D eigenvalue weighted by Gasteiger charge is 2.20. The van der Waals surface area contributed by atoms with Gasteiger partial charge in [-0.2, -0.15) is 0 Å². The van der Waals surface area contributed by atoms with Crippen molar-refractivity contribution in [3.05, 3.63) is 65.9 Å². The molecule has 5 heteroatoms. The predicted octanol–water partition coefficient (Wildman–Crippen LogP) is 3.52. The highest BCUT2D eigenvalue weighted by molar-refractivity contribution is 7.89. The fraction of sp³-hybridized carbons (Fsp3) is 0.176. The fourth-order valence-corrected chi connectivity index (χ4v) is 3.76. The largest absolute Gasteiger partial charge is 0.361 e. The Bertz CT molecular complexity index is 896. The molecular weight excluding hydrogens is 296 g/mol. The van der Waals surface area contributed by atoms with Crippen molar-refractivity contribution in [2.24, 2.45) is 0 Å². The van der Waals surface area contributed by atoms with Crippen LogP contribution in [-0.2, 0) is 10.0 Å². The van der Waals surface area contributed by atoms with E-state index < -0.39 is 10.0 Å². The van der Waals surface area contributed by atoms with Gasteiger partial charge in [0.15, 0.2) is 0 Å². The maximum Gasteiger partial charge on any atom is 0.241 e. The van der Waals surface area contributed by atoms with Gasteiger partial charge in [0.05, 0.1) is 4.90 Å². The summed E-state index contributed by atoms with van der Waals surface area (Å²) in [4.78, 5) is 3.45. The van der Waals surface area contributed by atoms with Crippen LogP contribution in [0.5, 0.6) is 0 Å². The van der Waals surface area contributed by atoms with Gasteiger partial charge in [0.2, 0.25) is 10.0 Å². The lowest BCUT2D eigenvalue weighted by molar-refractivity contribution is 0.567. The second-order valence-electron chi connectivity index (χ2n) is 5.45. The first kappa shape index (κ1) is 14.8. The highest BCUT2D eigenvalue weighted by atomic mass is 32.2. The third-order valence-corrected chi connectivity index (χ3v) is 5.31. The van der Waals surface area contributed by atoms with E-state index in [1.165, 1.54) is 0 Å². The van der Waals surface area contributed by atoms with E-state index in [-0.39, 0.29) is 10.9 Å². The molecule has 0 radical (unpaired) electrons. The average Bonchev–Trinajstić information content (AvgIpc) is 2.91. The van der Waals surface area contributed by atoms with Crippen molar-refractivity contribution in [3.63, 3.8) is 0 Å². The van der Waals surface area contributed by atoms with Crippen LogP contribution in [0.25, 0.3) is 10.9 Å². The van der Waals surface area contributed by atoms with Crippen LogP contribution in [-0.4, -0.2) is 13.4 Å². The van der Waals surface area contributed by atoms with Crippen LogP contribution in [0.2, 0.25) is 0 Å². The molecule has 1 unspecified atom stereocenters. The summed E-state index contributed by atoms with van der Waals surface area (Å²) in [5.74, 6) is 0. The molecular formula is C17H18N2O2S. The molecule has 0 aliphatic heterocycles. The second-order valence-corrected chi connectivity index (χ2v) is 7.16. The van der Waals surface area contributed by atoms with Crippen molar-refractivity contribution in [3.8, 4) is 0 Å². The van der Waals surface area contributed by atoms with Gasteiger partial charge in [-0.15, -0.1) is 0 Å². The van der Waals surface area contributed by atoms with Gasteiger partial charge in [0.25, 0.3) is 0 Å². The molecule has 114 valence electrons. The number of hydrogen-bond donors (Lipinski definition) is 2. The zero-order valence-electron chi connectivity index (χ0n) is 12.5. The Hall–Kier alpha value is -2.11. The molecule has 1 aromatic heterocycles. The van der Waals surface area contributed by atoms with Crippen LogP contribution in [0.1, 0.15) is 24.1 Å². The zero-order chi connectivity index (χ0) is 15.7. The summed E-state index contributed by atoms with van der Waals surface area (Å²) >= 11 is 0. The zero-order valence-corrected chi connectivity index (χ0v) is 13.3. The number of nitrogens with one attached hydrogen (secondary N) is 2. The number of aromatic nitrogens is 1. The van der Waals surface area contributed by atoms with Crippen molar-refractivity contribution < 1.29 is 8.42 Å². The van der Waals surface area contributed by atoms with E-state index in [0.29, 0.717) is 0 Å². The van der Waals surface area contributed by atoms with E-state index in [9.17, 15) is 8.42 Å². The minimum Gasteiger partial charge on any atom is -0.361 e. The summed E-state index contributed by atoms with van der Waals surface area (Å²) in [6.45, 7) is 3.78. The Labute approximate surface area is 130 Å². The molecule has 0 fully saturated rings. The van der Waals surface area contributed by atoms with Gasteiger partial charge in [-0.1, -0.05) is 35.9 Å². The lowest BCUT2D eigenvalue weighted by atomic mass is 10.1. The fourth-order valence-electron chi connectivity index (χ4n) is 2.53. The molecule has 4 nitrogen and oxygen atoms in total. The van der Waals surface area contributed by atoms with Crippen LogP contribution in [0.15, 0.2) is 59.6 Å². The first-order chi connectivity index (χ1) is 10.5. The number of aromatic amines is 1. The van der Waals surface area contributed by atoms with Gasteiger partial charge in [-0.25, -0.2) is 13.1 Å². The Morgan fingerprint density at radius 1 is 1.05 bits per heavy atom. The number of rotatable bonds is 4. The molecule has 0 aliphatic rings. The smallest absolute Gasteiger partial charge is 0.241 e. The quantitative estimate of drug-likeness (QED) is 0.774. The van der Waals surface area contributed by atoms with Crippen LogP contribution in [0.4, 0.5) is 0 Å². The van der Waals surface area contributed by atoms with Crippen molar-refractivity contribution in [2.75, 3.05) is 0 Å².